The number of benzene rings is 1. The second-order valence-corrected chi connectivity index (χ2v) is 5.37. The summed E-state index contributed by atoms with van der Waals surface area (Å²) < 4.78 is 18.3. The maximum atomic E-state index is 12.8. The lowest BCUT2D eigenvalue weighted by Crippen LogP contribution is -2.44. The van der Waals surface area contributed by atoms with Gasteiger partial charge < -0.3 is 4.74 Å². The van der Waals surface area contributed by atoms with Crippen molar-refractivity contribution >= 4 is 0 Å². The average molecular weight is 276 g/mol. The lowest BCUT2D eigenvalue weighted by atomic mass is 9.92. The van der Waals surface area contributed by atoms with E-state index in [1.54, 1.807) is 12.1 Å². The third kappa shape index (κ3) is 4.21. The van der Waals surface area contributed by atoms with E-state index in [1.807, 2.05) is 6.92 Å². The number of nitrogens with zero attached hydrogens (tertiary/aromatic N) is 1. The largest absolute Gasteiger partial charge is 0.494 e. The van der Waals surface area contributed by atoms with Gasteiger partial charge in [0.1, 0.15) is 17.1 Å². The number of nitriles is 1. The number of halogens is 1. The molecule has 0 radical (unpaired) electrons. The van der Waals surface area contributed by atoms with Crippen molar-refractivity contribution in [2.24, 2.45) is 0 Å². The first-order chi connectivity index (χ1) is 9.67. The summed E-state index contributed by atoms with van der Waals surface area (Å²) in [6.07, 6.45) is 4.73. The normalized spacial score (nSPS) is 17.2. The van der Waals surface area contributed by atoms with Crippen LogP contribution in [0.15, 0.2) is 24.3 Å². The number of ether oxygens (including phenoxy) is 1. The Hall–Kier alpha value is -1.60. The summed E-state index contributed by atoms with van der Waals surface area (Å²) in [5.41, 5.74) is -0.423. The van der Waals surface area contributed by atoms with Gasteiger partial charge in [-0.15, -0.1) is 0 Å². The molecule has 1 fully saturated rings. The monoisotopic (exact) mass is 276 g/mol. The number of hydrogen-bond acceptors (Lipinski definition) is 3. The summed E-state index contributed by atoms with van der Waals surface area (Å²) in [4.78, 5) is 0. The SMILES string of the molecule is CCC(C#N)(CCCOc1ccc(F)cc1)NC1CC1. The third-order valence-electron chi connectivity index (χ3n) is 3.71. The molecule has 0 heterocycles. The van der Waals surface area contributed by atoms with Crippen molar-refractivity contribution < 1.29 is 9.13 Å². The molecule has 1 aliphatic carbocycles. The van der Waals surface area contributed by atoms with E-state index in [-0.39, 0.29) is 5.82 Å². The van der Waals surface area contributed by atoms with Crippen molar-refractivity contribution in [3.63, 3.8) is 0 Å². The van der Waals surface area contributed by atoms with E-state index < -0.39 is 5.54 Å². The predicted molar refractivity (Wildman–Crippen MR) is 75.9 cm³/mol. The first-order valence-electron chi connectivity index (χ1n) is 7.25. The van der Waals surface area contributed by atoms with Gasteiger partial charge in [-0.25, -0.2) is 4.39 Å². The van der Waals surface area contributed by atoms with E-state index in [9.17, 15) is 9.65 Å². The van der Waals surface area contributed by atoms with Gasteiger partial charge in [0, 0.05) is 6.04 Å². The maximum Gasteiger partial charge on any atom is 0.123 e. The molecule has 1 atom stereocenters. The van der Waals surface area contributed by atoms with E-state index in [0.717, 1.165) is 19.3 Å². The van der Waals surface area contributed by atoms with Gasteiger partial charge in [0.05, 0.1) is 12.7 Å². The minimum Gasteiger partial charge on any atom is -0.494 e. The highest BCUT2D eigenvalue weighted by molar-refractivity contribution is 5.22. The second-order valence-electron chi connectivity index (χ2n) is 5.37. The molecule has 0 bridgehead atoms. The zero-order chi connectivity index (χ0) is 14.4. The fourth-order valence-electron chi connectivity index (χ4n) is 2.23. The van der Waals surface area contributed by atoms with Gasteiger partial charge >= 0.3 is 0 Å². The molecule has 1 unspecified atom stereocenters. The molecule has 3 nitrogen and oxygen atoms in total. The van der Waals surface area contributed by atoms with Gasteiger partial charge in [0.15, 0.2) is 0 Å². The van der Waals surface area contributed by atoms with Crippen molar-refractivity contribution in [3.8, 4) is 11.8 Å². The third-order valence-corrected chi connectivity index (χ3v) is 3.71. The van der Waals surface area contributed by atoms with Crippen molar-refractivity contribution in [1.29, 1.82) is 5.26 Å². The van der Waals surface area contributed by atoms with Crippen LogP contribution in [0.1, 0.15) is 39.0 Å². The van der Waals surface area contributed by atoms with Crippen LogP contribution in [0.5, 0.6) is 5.75 Å². The van der Waals surface area contributed by atoms with Crippen LogP contribution in [-0.4, -0.2) is 18.2 Å². The molecule has 0 saturated heterocycles. The number of hydrogen-bond donors (Lipinski definition) is 1. The lowest BCUT2D eigenvalue weighted by molar-refractivity contribution is 0.275. The van der Waals surface area contributed by atoms with Crippen molar-refractivity contribution in [1.82, 2.24) is 5.32 Å². The number of rotatable bonds is 8. The van der Waals surface area contributed by atoms with E-state index in [2.05, 4.69) is 11.4 Å². The first kappa shape index (κ1) is 14.8. The van der Waals surface area contributed by atoms with Crippen LogP contribution in [0.25, 0.3) is 0 Å². The van der Waals surface area contributed by atoms with Crippen LogP contribution in [-0.2, 0) is 0 Å². The molecular weight excluding hydrogens is 255 g/mol. The Bertz CT molecular complexity index is 464. The Morgan fingerprint density at radius 3 is 2.65 bits per heavy atom. The van der Waals surface area contributed by atoms with Crippen LogP contribution >= 0.6 is 0 Å². The van der Waals surface area contributed by atoms with Gasteiger partial charge in [-0.1, -0.05) is 6.92 Å². The molecule has 108 valence electrons. The molecule has 4 heteroatoms. The molecule has 1 aromatic carbocycles. The minimum absolute atomic E-state index is 0.263. The molecule has 1 N–H and O–H groups in total. The van der Waals surface area contributed by atoms with Crippen molar-refractivity contribution in [2.75, 3.05) is 6.61 Å². The van der Waals surface area contributed by atoms with E-state index in [1.165, 1.54) is 25.0 Å². The Kier molecular flexibility index (Phi) is 4.97. The molecule has 1 saturated carbocycles. The van der Waals surface area contributed by atoms with Gasteiger partial charge in [0.25, 0.3) is 0 Å². The van der Waals surface area contributed by atoms with Crippen LogP contribution in [0.2, 0.25) is 0 Å². The first-order valence-corrected chi connectivity index (χ1v) is 7.25. The molecule has 2 rings (SSSR count). The summed E-state index contributed by atoms with van der Waals surface area (Å²) in [6, 6.07) is 8.96. The highest BCUT2D eigenvalue weighted by Crippen LogP contribution is 2.26. The van der Waals surface area contributed by atoms with Crippen LogP contribution < -0.4 is 10.1 Å². The Morgan fingerprint density at radius 1 is 1.40 bits per heavy atom. The molecule has 1 aliphatic rings. The fraction of sp³-hybridized carbons (Fsp3) is 0.562. The van der Waals surface area contributed by atoms with E-state index >= 15 is 0 Å². The number of nitrogens with one attached hydrogen (secondary N) is 1. The predicted octanol–water partition coefficient (Wildman–Crippen LogP) is 3.41. The zero-order valence-corrected chi connectivity index (χ0v) is 11.9. The van der Waals surface area contributed by atoms with Crippen LogP contribution in [0, 0.1) is 17.1 Å². The molecule has 1 aromatic rings. The summed E-state index contributed by atoms with van der Waals surface area (Å²) in [6.45, 7) is 2.58. The van der Waals surface area contributed by atoms with Gasteiger partial charge in [-0.2, -0.15) is 5.26 Å². The zero-order valence-electron chi connectivity index (χ0n) is 11.9. The highest BCUT2D eigenvalue weighted by Gasteiger charge is 2.34. The molecular formula is C16H21FN2O. The summed E-state index contributed by atoms with van der Waals surface area (Å²) >= 11 is 0. The lowest BCUT2D eigenvalue weighted by Gasteiger charge is -2.26. The fourth-order valence-corrected chi connectivity index (χ4v) is 2.23. The summed E-state index contributed by atoms with van der Waals surface area (Å²) in [5, 5.41) is 12.8. The molecule has 20 heavy (non-hydrogen) atoms. The van der Waals surface area contributed by atoms with Gasteiger partial charge in [0.2, 0.25) is 0 Å². The summed E-state index contributed by atoms with van der Waals surface area (Å²) in [7, 11) is 0. The highest BCUT2D eigenvalue weighted by atomic mass is 19.1. The van der Waals surface area contributed by atoms with Gasteiger partial charge in [-0.3, -0.25) is 5.32 Å². The summed E-state index contributed by atoms with van der Waals surface area (Å²) in [5.74, 6) is 0.404. The maximum absolute atomic E-state index is 12.8. The van der Waals surface area contributed by atoms with E-state index in [4.69, 9.17) is 4.74 Å². The molecule has 0 aliphatic heterocycles. The van der Waals surface area contributed by atoms with Crippen LogP contribution in [0.4, 0.5) is 4.39 Å². The van der Waals surface area contributed by atoms with E-state index in [0.29, 0.717) is 18.4 Å². The van der Waals surface area contributed by atoms with Crippen molar-refractivity contribution in [3.05, 3.63) is 30.1 Å². The Morgan fingerprint density at radius 2 is 2.10 bits per heavy atom. The standard InChI is InChI=1S/C16H21FN2O/c1-2-16(12-18,19-14-6-7-14)10-3-11-20-15-8-4-13(17)5-9-15/h4-5,8-9,14,19H,2-3,6-7,10-11H2,1H3. The van der Waals surface area contributed by atoms with Crippen LogP contribution in [0.3, 0.4) is 0 Å². The Labute approximate surface area is 119 Å². The topological polar surface area (TPSA) is 45.0 Å². The Balaban J connectivity index is 1.75. The van der Waals surface area contributed by atoms with Crippen molar-refractivity contribution in [2.45, 2.75) is 50.6 Å². The molecule has 0 aromatic heterocycles. The molecule has 0 spiro atoms. The smallest absolute Gasteiger partial charge is 0.123 e. The average Bonchev–Trinajstić information content (AvgIpc) is 3.28. The second kappa shape index (κ2) is 6.71. The molecule has 0 amide bonds. The van der Waals surface area contributed by atoms with Gasteiger partial charge in [-0.05, 0) is 56.4 Å². The quantitative estimate of drug-likeness (QED) is 0.740. The minimum atomic E-state index is -0.423.